The molecule has 1 aliphatic rings. The van der Waals surface area contributed by atoms with Gasteiger partial charge in [-0.25, -0.2) is 4.68 Å². The molecule has 0 saturated carbocycles. The third-order valence-electron chi connectivity index (χ3n) is 4.92. The molecule has 0 bridgehead atoms. The monoisotopic (exact) mass is 393 g/mol. The van der Waals surface area contributed by atoms with Crippen LogP contribution in [0.3, 0.4) is 0 Å². The lowest BCUT2D eigenvalue weighted by molar-refractivity contribution is -0.116. The second kappa shape index (κ2) is 7.67. The van der Waals surface area contributed by atoms with Gasteiger partial charge in [-0.1, -0.05) is 66.7 Å². The van der Waals surface area contributed by atoms with Crippen LogP contribution in [-0.4, -0.2) is 26.0 Å². The van der Waals surface area contributed by atoms with Gasteiger partial charge in [-0.3, -0.25) is 4.79 Å². The van der Waals surface area contributed by atoms with Gasteiger partial charge in [0.1, 0.15) is 5.25 Å². The van der Waals surface area contributed by atoms with Crippen LogP contribution in [-0.2, 0) is 11.2 Å². The minimum atomic E-state index is -0.372. The highest BCUT2D eigenvalue weighted by Crippen LogP contribution is 2.37. The number of aromatic nitrogens is 3. The van der Waals surface area contributed by atoms with Crippen LogP contribution in [0.1, 0.15) is 35.5 Å². The molecule has 28 heavy (non-hydrogen) atoms. The largest absolute Gasteiger partial charge is 0.325 e. The third kappa shape index (κ3) is 3.49. The smallest absolute Gasteiger partial charge is 0.240 e. The van der Waals surface area contributed by atoms with Gasteiger partial charge in [0.15, 0.2) is 5.82 Å². The van der Waals surface area contributed by atoms with Gasteiger partial charge < -0.3 is 10.7 Å². The molecule has 3 aromatic rings. The molecule has 0 spiro atoms. The molecule has 2 aromatic carbocycles. The lowest BCUT2D eigenvalue weighted by Crippen LogP contribution is -2.41. The number of rotatable bonds is 4. The molecular formula is C21H23N5OS. The van der Waals surface area contributed by atoms with Gasteiger partial charge >= 0.3 is 0 Å². The van der Waals surface area contributed by atoms with Crippen molar-refractivity contribution in [2.45, 2.75) is 43.6 Å². The molecule has 144 valence electrons. The first kappa shape index (κ1) is 18.6. The molecule has 1 aliphatic heterocycles. The number of para-hydroxylation sites is 1. The lowest BCUT2D eigenvalue weighted by atomic mass is 10.0. The molecule has 6 nitrogen and oxygen atoms in total. The first-order valence-corrected chi connectivity index (χ1v) is 10.3. The Morgan fingerprint density at radius 1 is 1.14 bits per heavy atom. The highest BCUT2D eigenvalue weighted by molar-refractivity contribution is 8.00. The summed E-state index contributed by atoms with van der Waals surface area (Å²) in [5, 5.41) is 11.9. The van der Waals surface area contributed by atoms with Crippen LogP contribution in [0.4, 0.5) is 5.69 Å². The number of carbonyl (C=O) groups excluding carboxylic acids is 1. The van der Waals surface area contributed by atoms with Gasteiger partial charge in [-0.2, -0.15) is 0 Å². The number of aryl methyl sites for hydroxylation is 3. The molecular weight excluding hydrogens is 370 g/mol. The van der Waals surface area contributed by atoms with Crippen LogP contribution in [0.5, 0.6) is 0 Å². The first-order valence-electron chi connectivity index (χ1n) is 9.37. The molecule has 2 N–H and O–H groups in total. The number of thioether (sulfide) groups is 1. The van der Waals surface area contributed by atoms with Crippen molar-refractivity contribution in [3.05, 3.63) is 71.0 Å². The number of anilines is 1. The highest BCUT2D eigenvalue weighted by atomic mass is 32.2. The number of hydrogen-bond acceptors (Lipinski definition) is 5. The van der Waals surface area contributed by atoms with Gasteiger partial charge in [0.05, 0.1) is 6.04 Å². The fourth-order valence-electron chi connectivity index (χ4n) is 3.27. The van der Waals surface area contributed by atoms with E-state index in [4.69, 9.17) is 0 Å². The van der Waals surface area contributed by atoms with E-state index >= 15 is 0 Å². The van der Waals surface area contributed by atoms with Crippen LogP contribution < -0.4 is 10.7 Å². The Morgan fingerprint density at radius 3 is 2.61 bits per heavy atom. The number of nitrogens with zero attached hydrogens (tertiary/aromatic N) is 3. The quantitative estimate of drug-likeness (QED) is 0.704. The first-order chi connectivity index (χ1) is 13.6. The second-order valence-electron chi connectivity index (χ2n) is 6.95. The van der Waals surface area contributed by atoms with E-state index in [1.807, 2.05) is 42.8 Å². The fourth-order valence-corrected chi connectivity index (χ4v) is 4.37. The van der Waals surface area contributed by atoms with Gasteiger partial charge in [-0.15, -0.1) is 10.2 Å². The van der Waals surface area contributed by atoms with Crippen LogP contribution in [0.15, 0.2) is 53.7 Å². The van der Waals surface area contributed by atoms with Gasteiger partial charge in [-0.05, 0) is 31.0 Å². The molecule has 0 aliphatic carbocycles. The van der Waals surface area contributed by atoms with Crippen LogP contribution in [0.2, 0.25) is 0 Å². The van der Waals surface area contributed by atoms with Crippen molar-refractivity contribution in [1.82, 2.24) is 14.9 Å². The normalized spacial score (nSPS) is 18.2. The number of hydrogen-bond donors (Lipinski definition) is 2. The summed E-state index contributed by atoms with van der Waals surface area (Å²) >= 11 is 1.45. The van der Waals surface area contributed by atoms with Crippen LogP contribution in [0.25, 0.3) is 0 Å². The average Bonchev–Trinajstić information content (AvgIpc) is 3.11. The fraction of sp³-hybridized carbons (Fsp3) is 0.286. The third-order valence-corrected chi connectivity index (χ3v) is 6.13. The zero-order chi connectivity index (χ0) is 19.7. The Hall–Kier alpha value is -2.80. The zero-order valence-electron chi connectivity index (χ0n) is 16.1. The van der Waals surface area contributed by atoms with E-state index in [0.717, 1.165) is 29.1 Å². The van der Waals surface area contributed by atoms with Gasteiger partial charge in [0.2, 0.25) is 11.1 Å². The van der Waals surface area contributed by atoms with Crippen LogP contribution >= 0.6 is 11.8 Å². The molecule has 4 rings (SSSR count). The van der Waals surface area contributed by atoms with Crippen molar-refractivity contribution < 1.29 is 4.79 Å². The number of amides is 1. The molecule has 2 heterocycles. The van der Waals surface area contributed by atoms with E-state index in [-0.39, 0.29) is 17.2 Å². The predicted molar refractivity (Wildman–Crippen MR) is 112 cm³/mol. The number of fused-ring (bicyclic) bond motifs is 1. The molecule has 0 fully saturated rings. The minimum Gasteiger partial charge on any atom is -0.325 e. The Balaban J connectivity index is 1.68. The van der Waals surface area contributed by atoms with Crippen molar-refractivity contribution in [1.29, 1.82) is 0 Å². The van der Waals surface area contributed by atoms with Crippen molar-refractivity contribution in [2.75, 3.05) is 10.7 Å². The lowest BCUT2D eigenvalue weighted by Gasteiger charge is -2.33. The minimum absolute atomic E-state index is 0.0512. The summed E-state index contributed by atoms with van der Waals surface area (Å²) in [4.78, 5) is 13.2. The Kier molecular flexibility index (Phi) is 5.09. The molecule has 7 heteroatoms. The van der Waals surface area contributed by atoms with E-state index in [0.29, 0.717) is 5.16 Å². The summed E-state index contributed by atoms with van der Waals surface area (Å²) in [5.74, 6) is 0.807. The molecule has 1 amide bonds. The number of nitrogens with one attached hydrogen (secondary N) is 2. The van der Waals surface area contributed by atoms with Crippen LogP contribution in [0, 0.1) is 13.8 Å². The Morgan fingerprint density at radius 2 is 1.89 bits per heavy atom. The second-order valence-corrected chi connectivity index (χ2v) is 8.06. The van der Waals surface area contributed by atoms with E-state index in [2.05, 4.69) is 52.1 Å². The van der Waals surface area contributed by atoms with E-state index in [1.54, 1.807) is 0 Å². The van der Waals surface area contributed by atoms with Crippen molar-refractivity contribution >= 4 is 23.4 Å². The SMILES string of the molecule is CCc1nnc2n1NC(c1ccc(C)cc1)C(C(=O)Nc1ccccc1C)S2. The average molecular weight is 394 g/mol. The molecule has 2 atom stereocenters. The van der Waals surface area contributed by atoms with E-state index < -0.39 is 0 Å². The number of carbonyl (C=O) groups is 1. The summed E-state index contributed by atoms with van der Waals surface area (Å²) < 4.78 is 1.91. The molecule has 0 radical (unpaired) electrons. The Labute approximate surface area is 168 Å². The molecule has 0 saturated heterocycles. The van der Waals surface area contributed by atoms with Gasteiger partial charge in [0.25, 0.3) is 0 Å². The summed E-state index contributed by atoms with van der Waals surface area (Å²) in [6.45, 7) is 6.09. The summed E-state index contributed by atoms with van der Waals surface area (Å²) in [5.41, 5.74) is 7.59. The van der Waals surface area contributed by atoms with Crippen molar-refractivity contribution in [3.63, 3.8) is 0 Å². The maximum absolute atomic E-state index is 13.2. The maximum Gasteiger partial charge on any atom is 0.240 e. The summed E-state index contributed by atoms with van der Waals surface area (Å²) in [6, 6.07) is 15.9. The van der Waals surface area contributed by atoms with Crippen molar-refractivity contribution in [2.24, 2.45) is 0 Å². The summed E-state index contributed by atoms with van der Waals surface area (Å²) in [7, 11) is 0. The standard InChI is InChI=1S/C21H23N5OS/c1-4-17-23-24-21-26(17)25-18(15-11-9-13(2)10-12-15)19(28-21)20(27)22-16-8-6-5-7-14(16)3/h5-12,18-19,25H,4H2,1-3H3,(H,22,27). The van der Waals surface area contributed by atoms with E-state index in [9.17, 15) is 4.79 Å². The topological polar surface area (TPSA) is 71.8 Å². The van der Waals surface area contributed by atoms with Gasteiger partial charge in [0, 0.05) is 12.1 Å². The summed E-state index contributed by atoms with van der Waals surface area (Å²) in [6.07, 6.45) is 0.765. The molecule has 1 aromatic heterocycles. The number of benzene rings is 2. The highest BCUT2D eigenvalue weighted by Gasteiger charge is 2.37. The van der Waals surface area contributed by atoms with Crippen molar-refractivity contribution in [3.8, 4) is 0 Å². The Bertz CT molecular complexity index is 998. The predicted octanol–water partition coefficient (Wildman–Crippen LogP) is 3.86. The molecule has 2 unspecified atom stereocenters. The van der Waals surface area contributed by atoms with E-state index in [1.165, 1.54) is 17.3 Å². The zero-order valence-corrected chi connectivity index (χ0v) is 17.0. The maximum atomic E-state index is 13.2.